The molecule has 0 fully saturated rings. The van der Waals surface area contributed by atoms with Crippen LogP contribution in [-0.4, -0.2) is 15.8 Å². The standard InChI is InChI=1S/C23H36N2O/c1-3-5-6-7-8-9-10-11-15-18-22(4-2)26-25-20-19-24-23(25)21-16-13-12-14-17-21/h12-14,16-17,19-20,22H,3-11,15,18H2,1-2H3. The Labute approximate surface area is 159 Å². The first-order valence-electron chi connectivity index (χ1n) is 10.6. The van der Waals surface area contributed by atoms with Gasteiger partial charge in [-0.25, -0.2) is 4.98 Å². The third kappa shape index (κ3) is 7.23. The van der Waals surface area contributed by atoms with Gasteiger partial charge in [0.05, 0.1) is 6.20 Å². The largest absolute Gasteiger partial charge is 0.409 e. The Bertz CT molecular complexity index is 579. The van der Waals surface area contributed by atoms with Crippen LogP contribution < -0.4 is 4.84 Å². The van der Waals surface area contributed by atoms with Gasteiger partial charge >= 0.3 is 0 Å². The van der Waals surface area contributed by atoms with E-state index in [1.54, 1.807) is 0 Å². The molecule has 0 aliphatic carbocycles. The SMILES string of the molecule is CCCCCCCCCCCC(CC)On1ccnc1-c1ccccc1. The van der Waals surface area contributed by atoms with Gasteiger partial charge in [-0.1, -0.05) is 95.5 Å². The molecule has 1 unspecified atom stereocenters. The van der Waals surface area contributed by atoms with E-state index in [4.69, 9.17) is 4.84 Å². The molecule has 2 rings (SSSR count). The number of rotatable bonds is 14. The Hall–Kier alpha value is -1.77. The molecule has 0 amide bonds. The number of benzene rings is 1. The molecule has 3 nitrogen and oxygen atoms in total. The predicted octanol–water partition coefficient (Wildman–Crippen LogP) is 6.68. The van der Waals surface area contributed by atoms with E-state index in [2.05, 4.69) is 31.0 Å². The van der Waals surface area contributed by atoms with Gasteiger partial charge in [0.2, 0.25) is 0 Å². The molecule has 0 spiro atoms. The number of aromatic nitrogens is 2. The molecule has 26 heavy (non-hydrogen) atoms. The third-order valence-corrected chi connectivity index (χ3v) is 4.99. The average Bonchev–Trinajstić information content (AvgIpc) is 3.14. The van der Waals surface area contributed by atoms with E-state index < -0.39 is 0 Å². The summed E-state index contributed by atoms with van der Waals surface area (Å²) in [6.45, 7) is 4.48. The first-order valence-corrected chi connectivity index (χ1v) is 10.6. The fourth-order valence-corrected chi connectivity index (χ4v) is 3.34. The molecule has 1 aromatic heterocycles. The van der Waals surface area contributed by atoms with Crippen LogP contribution in [0, 0.1) is 0 Å². The lowest BCUT2D eigenvalue weighted by atomic mass is 10.0. The summed E-state index contributed by atoms with van der Waals surface area (Å²) >= 11 is 0. The first kappa shape index (κ1) is 20.5. The molecule has 0 bridgehead atoms. The summed E-state index contributed by atoms with van der Waals surface area (Å²) in [6, 6.07) is 10.2. The van der Waals surface area contributed by atoms with E-state index >= 15 is 0 Å². The summed E-state index contributed by atoms with van der Waals surface area (Å²) in [6.07, 6.45) is 18.4. The highest BCUT2D eigenvalue weighted by molar-refractivity contribution is 5.54. The van der Waals surface area contributed by atoms with Crippen LogP contribution in [0.2, 0.25) is 0 Å². The molecular weight excluding hydrogens is 320 g/mol. The Morgan fingerprint density at radius 1 is 0.885 bits per heavy atom. The maximum Gasteiger partial charge on any atom is 0.175 e. The van der Waals surface area contributed by atoms with E-state index in [-0.39, 0.29) is 6.10 Å². The Morgan fingerprint density at radius 2 is 1.54 bits per heavy atom. The second kappa shape index (κ2) is 12.6. The minimum absolute atomic E-state index is 0.260. The van der Waals surface area contributed by atoms with E-state index in [1.165, 1.54) is 57.8 Å². The van der Waals surface area contributed by atoms with Crippen molar-refractivity contribution in [1.82, 2.24) is 9.71 Å². The summed E-state index contributed by atoms with van der Waals surface area (Å²) in [4.78, 5) is 10.7. The molecule has 0 aliphatic rings. The zero-order chi connectivity index (χ0) is 18.5. The molecule has 0 saturated carbocycles. The Kier molecular flexibility index (Phi) is 9.92. The summed E-state index contributed by atoms with van der Waals surface area (Å²) in [5, 5.41) is 0. The van der Waals surface area contributed by atoms with Crippen molar-refractivity contribution in [1.29, 1.82) is 0 Å². The number of imidazole rings is 1. The van der Waals surface area contributed by atoms with Gasteiger partial charge in [0.15, 0.2) is 5.82 Å². The highest BCUT2D eigenvalue weighted by atomic mass is 16.7. The van der Waals surface area contributed by atoms with E-state index in [0.29, 0.717) is 0 Å². The molecule has 0 saturated heterocycles. The van der Waals surface area contributed by atoms with Gasteiger partial charge in [0.25, 0.3) is 0 Å². The Balaban J connectivity index is 1.68. The van der Waals surface area contributed by atoms with Crippen molar-refractivity contribution in [2.75, 3.05) is 0 Å². The lowest BCUT2D eigenvalue weighted by Gasteiger charge is -2.19. The molecule has 0 aliphatic heterocycles. The lowest BCUT2D eigenvalue weighted by Crippen LogP contribution is -2.24. The minimum atomic E-state index is 0.260. The van der Waals surface area contributed by atoms with Crippen molar-refractivity contribution in [3.8, 4) is 11.4 Å². The van der Waals surface area contributed by atoms with Crippen LogP contribution in [-0.2, 0) is 0 Å². The molecule has 3 heteroatoms. The summed E-state index contributed by atoms with van der Waals surface area (Å²) in [5.41, 5.74) is 1.09. The molecule has 0 N–H and O–H groups in total. The van der Waals surface area contributed by atoms with Crippen LogP contribution in [0.3, 0.4) is 0 Å². The fraction of sp³-hybridized carbons (Fsp3) is 0.609. The van der Waals surface area contributed by atoms with Crippen LogP contribution >= 0.6 is 0 Å². The van der Waals surface area contributed by atoms with Crippen molar-refractivity contribution in [2.45, 2.75) is 90.6 Å². The highest BCUT2D eigenvalue weighted by Gasteiger charge is 2.12. The van der Waals surface area contributed by atoms with Crippen molar-refractivity contribution in [3.63, 3.8) is 0 Å². The summed E-state index contributed by atoms with van der Waals surface area (Å²) in [7, 11) is 0. The molecule has 1 atom stereocenters. The molecule has 1 aromatic carbocycles. The zero-order valence-electron chi connectivity index (χ0n) is 16.7. The third-order valence-electron chi connectivity index (χ3n) is 4.99. The Morgan fingerprint density at radius 3 is 2.19 bits per heavy atom. The maximum absolute atomic E-state index is 6.22. The number of unbranched alkanes of at least 4 members (excludes halogenated alkanes) is 8. The smallest absolute Gasteiger partial charge is 0.175 e. The van der Waals surface area contributed by atoms with Crippen LogP contribution in [0.1, 0.15) is 84.5 Å². The predicted molar refractivity (Wildman–Crippen MR) is 110 cm³/mol. The quantitative estimate of drug-likeness (QED) is 0.353. The number of hydrogen-bond donors (Lipinski definition) is 0. The summed E-state index contributed by atoms with van der Waals surface area (Å²) < 4.78 is 1.84. The van der Waals surface area contributed by atoms with Crippen LogP contribution in [0.15, 0.2) is 42.7 Å². The second-order valence-electron chi connectivity index (χ2n) is 7.20. The normalized spacial score (nSPS) is 12.2. The van der Waals surface area contributed by atoms with E-state index in [9.17, 15) is 0 Å². The monoisotopic (exact) mass is 356 g/mol. The molecule has 1 heterocycles. The van der Waals surface area contributed by atoms with Crippen LogP contribution in [0.5, 0.6) is 0 Å². The average molecular weight is 357 g/mol. The fourth-order valence-electron chi connectivity index (χ4n) is 3.34. The highest BCUT2D eigenvalue weighted by Crippen LogP contribution is 2.18. The topological polar surface area (TPSA) is 27.1 Å². The van der Waals surface area contributed by atoms with Crippen molar-refractivity contribution < 1.29 is 4.84 Å². The van der Waals surface area contributed by atoms with Crippen LogP contribution in [0.25, 0.3) is 11.4 Å². The van der Waals surface area contributed by atoms with Crippen molar-refractivity contribution >= 4 is 0 Å². The molecular formula is C23H36N2O. The maximum atomic E-state index is 6.22. The minimum Gasteiger partial charge on any atom is -0.409 e. The van der Waals surface area contributed by atoms with Gasteiger partial charge in [-0.3, -0.25) is 0 Å². The zero-order valence-corrected chi connectivity index (χ0v) is 16.7. The van der Waals surface area contributed by atoms with E-state index in [0.717, 1.165) is 24.2 Å². The molecule has 0 radical (unpaired) electrons. The van der Waals surface area contributed by atoms with Crippen molar-refractivity contribution in [2.24, 2.45) is 0 Å². The number of nitrogens with zero attached hydrogens (tertiary/aromatic N) is 2. The first-order chi connectivity index (χ1) is 12.8. The van der Waals surface area contributed by atoms with Gasteiger partial charge in [-0.05, 0) is 19.3 Å². The van der Waals surface area contributed by atoms with Gasteiger partial charge in [-0.15, -0.1) is 0 Å². The second-order valence-corrected chi connectivity index (χ2v) is 7.20. The lowest BCUT2D eigenvalue weighted by molar-refractivity contribution is 0.0305. The van der Waals surface area contributed by atoms with Crippen LogP contribution in [0.4, 0.5) is 0 Å². The van der Waals surface area contributed by atoms with Gasteiger partial charge in [0, 0.05) is 11.8 Å². The number of hydrogen-bond acceptors (Lipinski definition) is 2. The van der Waals surface area contributed by atoms with Crippen molar-refractivity contribution in [3.05, 3.63) is 42.7 Å². The van der Waals surface area contributed by atoms with Gasteiger partial charge in [-0.2, -0.15) is 4.73 Å². The van der Waals surface area contributed by atoms with Gasteiger partial charge < -0.3 is 4.84 Å². The molecule has 144 valence electrons. The van der Waals surface area contributed by atoms with Gasteiger partial charge in [0.1, 0.15) is 6.10 Å². The van der Waals surface area contributed by atoms with E-state index in [1.807, 2.05) is 35.3 Å². The summed E-state index contributed by atoms with van der Waals surface area (Å²) in [5.74, 6) is 0.885. The molecule has 2 aromatic rings.